The number of nitro groups is 1. The predicted octanol–water partition coefficient (Wildman–Crippen LogP) is 5.07. The van der Waals surface area contributed by atoms with Gasteiger partial charge in [0, 0.05) is 17.2 Å². The van der Waals surface area contributed by atoms with E-state index >= 15 is 0 Å². The summed E-state index contributed by atoms with van der Waals surface area (Å²) in [5.41, 5.74) is 1.68. The second-order valence-corrected chi connectivity index (χ2v) is 4.69. The summed E-state index contributed by atoms with van der Waals surface area (Å²) in [7, 11) is 0. The molecule has 0 aliphatic rings. The number of hydrogen-bond acceptors (Lipinski definition) is 2. The summed E-state index contributed by atoms with van der Waals surface area (Å²) in [6, 6.07) is 11.7. The van der Waals surface area contributed by atoms with Crippen molar-refractivity contribution in [3.63, 3.8) is 0 Å². The van der Waals surface area contributed by atoms with Crippen molar-refractivity contribution in [2.24, 2.45) is 0 Å². The molecule has 0 atom stereocenters. The molecule has 3 nitrogen and oxygen atoms in total. The van der Waals surface area contributed by atoms with Gasteiger partial charge < -0.3 is 0 Å². The van der Waals surface area contributed by atoms with Gasteiger partial charge in [0.05, 0.1) is 9.95 Å². The van der Waals surface area contributed by atoms with Gasteiger partial charge in [0.15, 0.2) is 0 Å². The van der Waals surface area contributed by atoms with E-state index in [4.69, 9.17) is 23.2 Å². The molecule has 0 spiro atoms. The van der Waals surface area contributed by atoms with E-state index in [0.29, 0.717) is 10.0 Å². The Hall–Kier alpha value is -1.84. The highest BCUT2D eigenvalue weighted by Crippen LogP contribution is 2.24. The first-order chi connectivity index (χ1) is 9.06. The molecule has 2 aromatic rings. The Kier molecular flexibility index (Phi) is 4.20. The Labute approximate surface area is 120 Å². The fourth-order valence-electron chi connectivity index (χ4n) is 1.52. The van der Waals surface area contributed by atoms with Crippen molar-refractivity contribution in [3.05, 3.63) is 73.8 Å². The van der Waals surface area contributed by atoms with Crippen LogP contribution in [0.3, 0.4) is 0 Å². The van der Waals surface area contributed by atoms with Gasteiger partial charge in [0.1, 0.15) is 0 Å². The molecule has 0 bridgehead atoms. The number of halogens is 2. The summed E-state index contributed by atoms with van der Waals surface area (Å²) < 4.78 is 0. The molecule has 0 aliphatic heterocycles. The van der Waals surface area contributed by atoms with Crippen LogP contribution in [0.2, 0.25) is 10.0 Å². The number of benzene rings is 2. The van der Waals surface area contributed by atoms with Crippen LogP contribution in [0.25, 0.3) is 12.2 Å². The minimum atomic E-state index is -0.474. The van der Waals surface area contributed by atoms with Crippen LogP contribution in [0.4, 0.5) is 5.69 Å². The molecule has 0 unspecified atom stereocenters. The molecule has 0 radical (unpaired) electrons. The zero-order chi connectivity index (χ0) is 13.8. The highest BCUT2D eigenvalue weighted by Gasteiger charge is 2.07. The van der Waals surface area contributed by atoms with Gasteiger partial charge in [0.2, 0.25) is 0 Å². The number of hydrogen-bond donors (Lipinski definition) is 0. The third-order valence-electron chi connectivity index (χ3n) is 2.52. The molecular weight excluding hydrogens is 285 g/mol. The molecule has 0 fully saturated rings. The quantitative estimate of drug-likeness (QED) is 0.450. The van der Waals surface area contributed by atoms with E-state index in [2.05, 4.69) is 0 Å². The van der Waals surface area contributed by atoms with Crippen LogP contribution in [-0.4, -0.2) is 4.92 Å². The summed E-state index contributed by atoms with van der Waals surface area (Å²) in [5.74, 6) is 0. The van der Waals surface area contributed by atoms with Crippen molar-refractivity contribution < 1.29 is 4.92 Å². The lowest BCUT2D eigenvalue weighted by Gasteiger charge is -1.99. The standard InChI is InChI=1S/C14H9Cl2NO2/c15-12-6-2-10(3-7-12)1-4-11-5-8-13(17(18)19)9-14(11)16/h1-9H/b4-1+. The fraction of sp³-hybridized carbons (Fsp3) is 0. The van der Waals surface area contributed by atoms with E-state index in [9.17, 15) is 10.1 Å². The number of nitro benzene ring substituents is 1. The Balaban J connectivity index is 2.23. The molecule has 5 heteroatoms. The fourth-order valence-corrected chi connectivity index (χ4v) is 1.89. The highest BCUT2D eigenvalue weighted by molar-refractivity contribution is 6.32. The maximum Gasteiger partial charge on any atom is 0.270 e. The first-order valence-corrected chi connectivity index (χ1v) is 6.19. The Morgan fingerprint density at radius 1 is 1.00 bits per heavy atom. The van der Waals surface area contributed by atoms with Gasteiger partial charge in [-0.1, -0.05) is 47.5 Å². The molecule has 0 heterocycles. The molecule has 96 valence electrons. The zero-order valence-electron chi connectivity index (χ0n) is 9.72. The SMILES string of the molecule is O=[N+]([O-])c1ccc(/C=C/c2ccc(Cl)cc2)c(Cl)c1. The van der Waals surface area contributed by atoms with Crippen LogP contribution in [0, 0.1) is 10.1 Å². The van der Waals surface area contributed by atoms with Crippen LogP contribution in [-0.2, 0) is 0 Å². The molecule has 2 rings (SSSR count). The highest BCUT2D eigenvalue weighted by atomic mass is 35.5. The maximum atomic E-state index is 10.6. The van der Waals surface area contributed by atoms with Crippen LogP contribution in [0.1, 0.15) is 11.1 Å². The monoisotopic (exact) mass is 293 g/mol. The van der Waals surface area contributed by atoms with Crippen LogP contribution in [0.5, 0.6) is 0 Å². The summed E-state index contributed by atoms with van der Waals surface area (Å²) in [5, 5.41) is 11.6. The summed E-state index contributed by atoms with van der Waals surface area (Å²) in [6.07, 6.45) is 3.67. The van der Waals surface area contributed by atoms with Gasteiger partial charge in [-0.2, -0.15) is 0 Å². The third kappa shape index (κ3) is 3.56. The summed E-state index contributed by atoms with van der Waals surface area (Å²) in [4.78, 5) is 10.1. The van der Waals surface area contributed by atoms with Crippen molar-refractivity contribution in [2.45, 2.75) is 0 Å². The number of non-ortho nitro benzene ring substituents is 1. The lowest BCUT2D eigenvalue weighted by molar-refractivity contribution is -0.384. The lowest BCUT2D eigenvalue weighted by Crippen LogP contribution is -1.87. The van der Waals surface area contributed by atoms with Crippen molar-refractivity contribution in [3.8, 4) is 0 Å². The van der Waals surface area contributed by atoms with Crippen LogP contribution < -0.4 is 0 Å². The zero-order valence-corrected chi connectivity index (χ0v) is 11.2. The van der Waals surface area contributed by atoms with E-state index in [1.807, 2.05) is 18.2 Å². The van der Waals surface area contributed by atoms with Crippen molar-refractivity contribution in [1.82, 2.24) is 0 Å². The van der Waals surface area contributed by atoms with Gasteiger partial charge in [0.25, 0.3) is 5.69 Å². The van der Waals surface area contributed by atoms with Crippen molar-refractivity contribution >= 4 is 41.0 Å². The molecule has 19 heavy (non-hydrogen) atoms. The van der Waals surface area contributed by atoms with Gasteiger partial charge in [-0.05, 0) is 29.3 Å². The van der Waals surface area contributed by atoms with Gasteiger partial charge in [-0.3, -0.25) is 10.1 Å². The Morgan fingerprint density at radius 3 is 2.26 bits per heavy atom. The molecule has 0 amide bonds. The number of nitrogens with zero attached hydrogens (tertiary/aromatic N) is 1. The number of rotatable bonds is 3. The second-order valence-electron chi connectivity index (χ2n) is 3.85. The largest absolute Gasteiger partial charge is 0.270 e. The second kappa shape index (κ2) is 5.87. The maximum absolute atomic E-state index is 10.6. The van der Waals surface area contributed by atoms with Gasteiger partial charge >= 0.3 is 0 Å². The molecule has 0 saturated heterocycles. The Morgan fingerprint density at radius 2 is 1.68 bits per heavy atom. The summed E-state index contributed by atoms with van der Waals surface area (Å²) in [6.45, 7) is 0. The topological polar surface area (TPSA) is 43.1 Å². The molecule has 2 aromatic carbocycles. The minimum Gasteiger partial charge on any atom is -0.258 e. The molecule has 0 aromatic heterocycles. The van der Waals surface area contributed by atoms with E-state index in [1.54, 1.807) is 24.3 Å². The van der Waals surface area contributed by atoms with Gasteiger partial charge in [-0.15, -0.1) is 0 Å². The minimum absolute atomic E-state index is 0.0198. The summed E-state index contributed by atoms with van der Waals surface area (Å²) >= 11 is 11.8. The average molecular weight is 294 g/mol. The lowest BCUT2D eigenvalue weighted by atomic mass is 10.1. The van der Waals surface area contributed by atoms with Crippen molar-refractivity contribution in [2.75, 3.05) is 0 Å². The van der Waals surface area contributed by atoms with E-state index in [1.165, 1.54) is 12.1 Å². The normalized spacial score (nSPS) is 10.8. The molecule has 0 aliphatic carbocycles. The smallest absolute Gasteiger partial charge is 0.258 e. The van der Waals surface area contributed by atoms with Crippen LogP contribution in [0.15, 0.2) is 42.5 Å². The van der Waals surface area contributed by atoms with Crippen molar-refractivity contribution in [1.29, 1.82) is 0 Å². The first kappa shape index (κ1) is 13.6. The third-order valence-corrected chi connectivity index (χ3v) is 3.10. The average Bonchev–Trinajstić information content (AvgIpc) is 2.39. The Bertz CT molecular complexity index is 636. The van der Waals surface area contributed by atoms with E-state index < -0.39 is 4.92 Å². The predicted molar refractivity (Wildman–Crippen MR) is 78.5 cm³/mol. The molecular formula is C14H9Cl2NO2. The molecule has 0 saturated carbocycles. The molecule has 0 N–H and O–H groups in total. The first-order valence-electron chi connectivity index (χ1n) is 5.44. The van der Waals surface area contributed by atoms with E-state index in [-0.39, 0.29) is 5.69 Å². The van der Waals surface area contributed by atoms with Gasteiger partial charge in [-0.25, -0.2) is 0 Å². The van der Waals surface area contributed by atoms with E-state index in [0.717, 1.165) is 11.1 Å². The van der Waals surface area contributed by atoms with Crippen LogP contribution >= 0.6 is 23.2 Å².